The Hall–Kier alpha value is -0.520. The van der Waals surface area contributed by atoms with Crippen molar-refractivity contribution in [1.29, 1.82) is 0 Å². The lowest BCUT2D eigenvalue weighted by molar-refractivity contribution is -0.150. The number of thiophene rings is 1. The molecule has 1 aromatic heterocycles. The van der Waals surface area contributed by atoms with E-state index in [0.717, 1.165) is 12.2 Å². The minimum atomic E-state index is -0.583. The van der Waals surface area contributed by atoms with E-state index in [2.05, 4.69) is 16.8 Å². The van der Waals surface area contributed by atoms with E-state index in [9.17, 15) is 4.79 Å². The summed E-state index contributed by atoms with van der Waals surface area (Å²) in [6.45, 7) is 4.14. The average molecular weight is 273 g/mol. The normalized spacial score (nSPS) is 14.3. The van der Waals surface area contributed by atoms with Crippen LogP contribution in [-0.4, -0.2) is 30.9 Å². The zero-order valence-electron chi connectivity index (χ0n) is 10.5. The molecule has 1 heterocycles. The fraction of sp³-hybridized carbons (Fsp3) is 0.583. The number of esters is 1. The summed E-state index contributed by atoms with van der Waals surface area (Å²) in [5.74, 6) is 0.728. The Morgan fingerprint density at radius 1 is 1.65 bits per heavy atom. The molecule has 17 heavy (non-hydrogen) atoms. The van der Waals surface area contributed by atoms with E-state index >= 15 is 0 Å². The second-order valence-corrected chi connectivity index (χ2v) is 6.18. The summed E-state index contributed by atoms with van der Waals surface area (Å²) in [4.78, 5) is 11.8. The number of nitrogens with one attached hydrogen (secondary N) is 1. The molecule has 96 valence electrons. The zero-order valence-corrected chi connectivity index (χ0v) is 12.1. The van der Waals surface area contributed by atoms with Gasteiger partial charge in [0.15, 0.2) is 0 Å². The summed E-state index contributed by atoms with van der Waals surface area (Å²) >= 11 is 3.50. The van der Waals surface area contributed by atoms with Crippen molar-refractivity contribution in [3.05, 3.63) is 17.5 Å². The van der Waals surface area contributed by atoms with Crippen molar-refractivity contribution in [2.24, 2.45) is 0 Å². The van der Waals surface area contributed by atoms with Gasteiger partial charge in [0, 0.05) is 5.75 Å². The van der Waals surface area contributed by atoms with Gasteiger partial charge in [-0.05, 0) is 38.8 Å². The molecule has 0 amide bonds. The van der Waals surface area contributed by atoms with Crippen LogP contribution in [0.1, 0.15) is 20.3 Å². The second-order valence-electron chi connectivity index (χ2n) is 3.83. The van der Waals surface area contributed by atoms with Gasteiger partial charge in [-0.15, -0.1) is 23.1 Å². The molecule has 0 aliphatic rings. The van der Waals surface area contributed by atoms with E-state index in [1.807, 2.05) is 19.9 Å². The lowest BCUT2D eigenvalue weighted by Gasteiger charge is -2.26. The summed E-state index contributed by atoms with van der Waals surface area (Å²) in [5, 5.41) is 5.12. The molecule has 1 atom stereocenters. The van der Waals surface area contributed by atoms with Crippen molar-refractivity contribution in [2.75, 3.05) is 19.4 Å². The van der Waals surface area contributed by atoms with E-state index in [0.29, 0.717) is 6.61 Å². The lowest BCUT2D eigenvalue weighted by atomic mass is 10.00. The number of thioether (sulfide) groups is 1. The van der Waals surface area contributed by atoms with Gasteiger partial charge in [0.1, 0.15) is 5.54 Å². The first-order chi connectivity index (χ1) is 8.12. The molecule has 0 aromatic carbocycles. The van der Waals surface area contributed by atoms with E-state index in [4.69, 9.17) is 4.74 Å². The maximum absolute atomic E-state index is 11.8. The van der Waals surface area contributed by atoms with Crippen LogP contribution in [0.5, 0.6) is 0 Å². The third-order valence-electron chi connectivity index (χ3n) is 2.62. The zero-order chi connectivity index (χ0) is 12.7. The Morgan fingerprint density at radius 3 is 2.94 bits per heavy atom. The minimum absolute atomic E-state index is 0.172. The highest BCUT2D eigenvalue weighted by molar-refractivity contribution is 8.01. The maximum atomic E-state index is 11.8. The molecule has 0 spiro atoms. The minimum Gasteiger partial charge on any atom is -0.465 e. The average Bonchev–Trinajstić information content (AvgIpc) is 2.82. The molecule has 0 aliphatic carbocycles. The molecule has 0 fully saturated rings. The van der Waals surface area contributed by atoms with Gasteiger partial charge < -0.3 is 10.1 Å². The molecule has 5 heteroatoms. The number of ether oxygens (including phenoxy) is 1. The highest BCUT2D eigenvalue weighted by atomic mass is 32.2. The summed E-state index contributed by atoms with van der Waals surface area (Å²) in [5.41, 5.74) is -0.583. The molecule has 0 saturated heterocycles. The highest BCUT2D eigenvalue weighted by Crippen LogP contribution is 2.26. The van der Waals surface area contributed by atoms with Crippen LogP contribution < -0.4 is 5.32 Å². The number of hydrogen-bond acceptors (Lipinski definition) is 5. The maximum Gasteiger partial charge on any atom is 0.326 e. The fourth-order valence-corrected chi connectivity index (χ4v) is 3.34. The Morgan fingerprint density at radius 2 is 2.41 bits per heavy atom. The molecule has 1 rings (SSSR count). The highest BCUT2D eigenvalue weighted by Gasteiger charge is 2.32. The standard InChI is InChI=1S/C12H19NO2S2/c1-4-15-11(14)12(2,13-3)7-9-17-10-6-5-8-16-10/h5-6,8,13H,4,7,9H2,1-3H3. The van der Waals surface area contributed by atoms with Gasteiger partial charge in [-0.1, -0.05) is 6.07 Å². The Bertz CT molecular complexity index is 340. The quantitative estimate of drug-likeness (QED) is 0.612. The van der Waals surface area contributed by atoms with Gasteiger partial charge in [-0.2, -0.15) is 0 Å². The summed E-state index contributed by atoms with van der Waals surface area (Å²) in [7, 11) is 1.80. The predicted molar refractivity (Wildman–Crippen MR) is 73.8 cm³/mol. The van der Waals surface area contributed by atoms with Crippen LogP contribution in [0.25, 0.3) is 0 Å². The molecule has 0 radical (unpaired) electrons. The van der Waals surface area contributed by atoms with Crippen molar-refractivity contribution < 1.29 is 9.53 Å². The Labute approximate surface area is 111 Å². The second kappa shape index (κ2) is 7.03. The SMILES string of the molecule is CCOC(=O)C(C)(CCSc1cccs1)NC. The van der Waals surface area contributed by atoms with Gasteiger partial charge in [0.2, 0.25) is 0 Å². The molecule has 0 bridgehead atoms. The van der Waals surface area contributed by atoms with E-state index in [1.165, 1.54) is 4.21 Å². The molecular weight excluding hydrogens is 254 g/mol. The van der Waals surface area contributed by atoms with Crippen LogP contribution in [0.3, 0.4) is 0 Å². The molecule has 0 aliphatic heterocycles. The largest absolute Gasteiger partial charge is 0.465 e. The van der Waals surface area contributed by atoms with E-state index < -0.39 is 5.54 Å². The van der Waals surface area contributed by atoms with Gasteiger partial charge in [0.25, 0.3) is 0 Å². The number of rotatable bonds is 7. The summed E-state index contributed by atoms with van der Waals surface area (Å²) < 4.78 is 6.36. The first kappa shape index (κ1) is 14.5. The summed E-state index contributed by atoms with van der Waals surface area (Å²) in [6.07, 6.45) is 0.755. The van der Waals surface area contributed by atoms with Gasteiger partial charge in [-0.3, -0.25) is 4.79 Å². The lowest BCUT2D eigenvalue weighted by Crippen LogP contribution is -2.49. The molecule has 1 N–H and O–H groups in total. The predicted octanol–water partition coefficient (Wildman–Crippen LogP) is 2.77. The van der Waals surface area contributed by atoms with Crippen LogP contribution in [0, 0.1) is 0 Å². The number of likely N-dealkylation sites (N-methyl/N-ethyl adjacent to an activating group) is 1. The first-order valence-corrected chi connectivity index (χ1v) is 7.51. The third-order valence-corrected chi connectivity index (χ3v) is 4.75. The van der Waals surface area contributed by atoms with E-state index in [1.54, 1.807) is 30.1 Å². The van der Waals surface area contributed by atoms with Crippen LogP contribution in [0.15, 0.2) is 21.7 Å². The molecule has 1 aromatic rings. The van der Waals surface area contributed by atoms with E-state index in [-0.39, 0.29) is 5.97 Å². The Kier molecular flexibility index (Phi) is 6.02. The van der Waals surface area contributed by atoms with Crippen LogP contribution in [0.4, 0.5) is 0 Å². The van der Waals surface area contributed by atoms with Crippen LogP contribution >= 0.6 is 23.1 Å². The molecular formula is C12H19NO2S2. The Balaban J connectivity index is 2.43. The fourth-order valence-electron chi connectivity index (χ4n) is 1.32. The van der Waals surface area contributed by atoms with Crippen molar-refractivity contribution >= 4 is 29.1 Å². The smallest absolute Gasteiger partial charge is 0.326 e. The molecule has 3 nitrogen and oxygen atoms in total. The van der Waals surface area contributed by atoms with Crippen molar-refractivity contribution in [3.8, 4) is 0 Å². The molecule has 0 saturated carbocycles. The van der Waals surface area contributed by atoms with Crippen LogP contribution in [-0.2, 0) is 9.53 Å². The van der Waals surface area contributed by atoms with Gasteiger partial charge >= 0.3 is 5.97 Å². The first-order valence-electron chi connectivity index (χ1n) is 5.65. The van der Waals surface area contributed by atoms with Gasteiger partial charge in [0.05, 0.1) is 10.8 Å². The van der Waals surface area contributed by atoms with Crippen LogP contribution in [0.2, 0.25) is 0 Å². The van der Waals surface area contributed by atoms with Crippen molar-refractivity contribution in [1.82, 2.24) is 5.32 Å². The van der Waals surface area contributed by atoms with Gasteiger partial charge in [-0.25, -0.2) is 0 Å². The summed E-state index contributed by atoms with van der Waals surface area (Å²) in [6, 6.07) is 4.13. The monoisotopic (exact) mass is 273 g/mol. The third kappa shape index (κ3) is 4.33. The van der Waals surface area contributed by atoms with Crippen molar-refractivity contribution in [2.45, 2.75) is 30.0 Å². The topological polar surface area (TPSA) is 38.3 Å². The number of carbonyl (C=O) groups is 1. The number of hydrogen-bond donors (Lipinski definition) is 1. The number of carbonyl (C=O) groups excluding carboxylic acids is 1. The molecule has 1 unspecified atom stereocenters. The van der Waals surface area contributed by atoms with Crippen molar-refractivity contribution in [3.63, 3.8) is 0 Å².